The molecule has 7 heteroatoms. The summed E-state index contributed by atoms with van der Waals surface area (Å²) in [6.07, 6.45) is 0.796. The SMILES string of the molecule is COc1cc2c(cc1OC)C(c1ccccc1)N(CC(=O)Nc1cc(Cl)ccc1Cl)CC2. The van der Waals surface area contributed by atoms with Crippen LogP contribution in [0.25, 0.3) is 0 Å². The van der Waals surface area contributed by atoms with Gasteiger partial charge in [0.05, 0.1) is 37.5 Å². The van der Waals surface area contributed by atoms with E-state index >= 15 is 0 Å². The number of carbonyl (C=O) groups excluding carboxylic acids is 1. The normalized spacial score (nSPS) is 15.7. The number of hydrogen-bond acceptors (Lipinski definition) is 4. The van der Waals surface area contributed by atoms with Gasteiger partial charge in [-0.05, 0) is 53.4 Å². The summed E-state index contributed by atoms with van der Waals surface area (Å²) in [5.41, 5.74) is 3.90. The molecule has 1 atom stereocenters. The third-order valence-corrected chi connectivity index (χ3v) is 6.20. The molecular weight excluding hydrogens is 447 g/mol. The van der Waals surface area contributed by atoms with Gasteiger partial charge in [0.25, 0.3) is 0 Å². The van der Waals surface area contributed by atoms with E-state index in [1.165, 1.54) is 5.56 Å². The number of rotatable bonds is 6. The number of nitrogens with zero attached hydrogens (tertiary/aromatic N) is 1. The van der Waals surface area contributed by atoms with E-state index in [1.54, 1.807) is 32.4 Å². The van der Waals surface area contributed by atoms with Gasteiger partial charge < -0.3 is 14.8 Å². The van der Waals surface area contributed by atoms with Crippen LogP contribution >= 0.6 is 23.2 Å². The molecule has 1 amide bonds. The number of methoxy groups -OCH3 is 2. The minimum atomic E-state index is -0.154. The number of benzene rings is 3. The van der Waals surface area contributed by atoms with Crippen LogP contribution in [-0.2, 0) is 11.2 Å². The molecule has 0 saturated carbocycles. The predicted octanol–water partition coefficient (Wildman–Crippen LogP) is 5.60. The Morgan fingerprint density at radius 3 is 2.47 bits per heavy atom. The molecule has 0 aliphatic carbocycles. The van der Waals surface area contributed by atoms with Crippen molar-refractivity contribution in [2.75, 3.05) is 32.6 Å². The molecule has 0 fully saturated rings. The van der Waals surface area contributed by atoms with Crippen LogP contribution in [0.1, 0.15) is 22.7 Å². The van der Waals surface area contributed by atoms with Gasteiger partial charge in [-0.3, -0.25) is 9.69 Å². The van der Waals surface area contributed by atoms with Gasteiger partial charge in [0.2, 0.25) is 5.91 Å². The molecule has 3 aromatic rings. The van der Waals surface area contributed by atoms with Crippen LogP contribution in [0.15, 0.2) is 60.7 Å². The number of amides is 1. The lowest BCUT2D eigenvalue weighted by atomic mass is 9.87. The Balaban J connectivity index is 1.66. The molecule has 1 N–H and O–H groups in total. The summed E-state index contributed by atoms with van der Waals surface area (Å²) >= 11 is 12.3. The van der Waals surface area contributed by atoms with E-state index in [1.807, 2.05) is 30.3 Å². The van der Waals surface area contributed by atoms with E-state index in [0.29, 0.717) is 27.2 Å². The van der Waals surface area contributed by atoms with Gasteiger partial charge >= 0.3 is 0 Å². The van der Waals surface area contributed by atoms with Crippen LogP contribution in [-0.4, -0.2) is 38.1 Å². The van der Waals surface area contributed by atoms with E-state index in [9.17, 15) is 4.79 Å². The van der Waals surface area contributed by atoms with Crippen molar-refractivity contribution in [3.05, 3.63) is 87.4 Å². The molecule has 1 aliphatic heterocycles. The lowest BCUT2D eigenvalue weighted by Crippen LogP contribution is -2.41. The third kappa shape index (κ3) is 4.70. The first-order chi connectivity index (χ1) is 15.5. The summed E-state index contributed by atoms with van der Waals surface area (Å²) in [6.45, 7) is 0.926. The summed E-state index contributed by atoms with van der Waals surface area (Å²) in [6, 6.07) is 19.1. The summed E-state index contributed by atoms with van der Waals surface area (Å²) in [4.78, 5) is 15.1. The van der Waals surface area contributed by atoms with Crippen LogP contribution in [0.3, 0.4) is 0 Å². The van der Waals surface area contributed by atoms with Crippen molar-refractivity contribution in [3.63, 3.8) is 0 Å². The molecule has 0 radical (unpaired) electrons. The van der Waals surface area contributed by atoms with Gasteiger partial charge in [-0.25, -0.2) is 0 Å². The number of halogens is 2. The second-order valence-electron chi connectivity index (χ2n) is 7.61. The van der Waals surface area contributed by atoms with Crippen LogP contribution in [0.5, 0.6) is 11.5 Å². The molecule has 3 aromatic carbocycles. The van der Waals surface area contributed by atoms with Gasteiger partial charge in [-0.15, -0.1) is 0 Å². The molecule has 0 spiro atoms. The van der Waals surface area contributed by atoms with E-state index in [-0.39, 0.29) is 18.5 Å². The Labute approximate surface area is 197 Å². The Morgan fingerprint density at radius 2 is 1.75 bits per heavy atom. The standard InChI is InChI=1S/C25H24Cl2N2O3/c1-31-22-12-17-10-11-29(15-24(30)28-21-13-18(26)8-9-20(21)27)25(16-6-4-3-5-7-16)19(17)14-23(22)32-2/h3-9,12-14,25H,10-11,15H2,1-2H3,(H,28,30). The summed E-state index contributed by atoms with van der Waals surface area (Å²) in [7, 11) is 3.27. The number of carbonyl (C=O) groups is 1. The minimum absolute atomic E-state index is 0.0969. The van der Waals surface area contributed by atoms with Crippen LogP contribution < -0.4 is 14.8 Å². The van der Waals surface area contributed by atoms with Gasteiger partial charge in [0.15, 0.2) is 11.5 Å². The number of nitrogens with one attached hydrogen (secondary N) is 1. The highest BCUT2D eigenvalue weighted by molar-refractivity contribution is 6.35. The molecule has 0 bridgehead atoms. The monoisotopic (exact) mass is 470 g/mol. The zero-order valence-corrected chi connectivity index (χ0v) is 19.4. The van der Waals surface area contributed by atoms with Gasteiger partial charge in [-0.1, -0.05) is 53.5 Å². The van der Waals surface area contributed by atoms with Crippen molar-refractivity contribution in [2.24, 2.45) is 0 Å². The molecule has 1 unspecified atom stereocenters. The first-order valence-corrected chi connectivity index (χ1v) is 11.0. The Hall–Kier alpha value is -2.73. The van der Waals surface area contributed by atoms with E-state index in [2.05, 4.69) is 22.3 Å². The molecular formula is C25H24Cl2N2O3. The average Bonchev–Trinajstić information content (AvgIpc) is 2.80. The van der Waals surface area contributed by atoms with Crippen molar-refractivity contribution in [3.8, 4) is 11.5 Å². The maximum absolute atomic E-state index is 13.0. The maximum atomic E-state index is 13.0. The molecule has 0 saturated heterocycles. The quantitative estimate of drug-likeness (QED) is 0.509. The summed E-state index contributed by atoms with van der Waals surface area (Å²) < 4.78 is 11.1. The number of fused-ring (bicyclic) bond motifs is 1. The zero-order chi connectivity index (χ0) is 22.7. The smallest absolute Gasteiger partial charge is 0.238 e. The van der Waals surface area contributed by atoms with Crippen molar-refractivity contribution in [1.82, 2.24) is 4.90 Å². The van der Waals surface area contributed by atoms with Crippen LogP contribution in [0.4, 0.5) is 5.69 Å². The molecule has 1 heterocycles. The van der Waals surface area contributed by atoms with Gasteiger partial charge in [-0.2, -0.15) is 0 Å². The topological polar surface area (TPSA) is 50.8 Å². The fourth-order valence-electron chi connectivity index (χ4n) is 4.16. The average molecular weight is 471 g/mol. The van der Waals surface area contributed by atoms with Crippen molar-refractivity contribution < 1.29 is 14.3 Å². The highest BCUT2D eigenvalue weighted by atomic mass is 35.5. The molecule has 5 nitrogen and oxygen atoms in total. The molecule has 0 aromatic heterocycles. The van der Waals surface area contributed by atoms with Crippen molar-refractivity contribution in [2.45, 2.75) is 12.5 Å². The fraction of sp³-hybridized carbons (Fsp3) is 0.240. The largest absolute Gasteiger partial charge is 0.493 e. The lowest BCUT2D eigenvalue weighted by Gasteiger charge is -2.37. The van der Waals surface area contributed by atoms with Crippen molar-refractivity contribution in [1.29, 1.82) is 0 Å². The van der Waals surface area contributed by atoms with Crippen LogP contribution in [0, 0.1) is 0 Å². The maximum Gasteiger partial charge on any atom is 0.238 e. The second-order valence-corrected chi connectivity index (χ2v) is 8.46. The zero-order valence-electron chi connectivity index (χ0n) is 17.9. The fourth-order valence-corrected chi connectivity index (χ4v) is 4.50. The Bertz CT molecular complexity index is 1120. The van der Waals surface area contributed by atoms with E-state index in [4.69, 9.17) is 32.7 Å². The molecule has 4 rings (SSSR count). The predicted molar refractivity (Wildman–Crippen MR) is 128 cm³/mol. The minimum Gasteiger partial charge on any atom is -0.493 e. The van der Waals surface area contributed by atoms with E-state index < -0.39 is 0 Å². The van der Waals surface area contributed by atoms with Gasteiger partial charge in [0, 0.05) is 11.6 Å². The van der Waals surface area contributed by atoms with Gasteiger partial charge in [0.1, 0.15) is 0 Å². The van der Waals surface area contributed by atoms with Crippen LogP contribution in [0.2, 0.25) is 10.0 Å². The summed E-state index contributed by atoms with van der Waals surface area (Å²) in [5, 5.41) is 3.85. The first-order valence-electron chi connectivity index (χ1n) is 10.3. The Morgan fingerprint density at radius 1 is 1.03 bits per heavy atom. The van der Waals surface area contributed by atoms with E-state index in [0.717, 1.165) is 24.1 Å². The second kappa shape index (κ2) is 9.82. The number of ether oxygens (including phenoxy) is 2. The lowest BCUT2D eigenvalue weighted by molar-refractivity contribution is -0.117. The third-order valence-electron chi connectivity index (χ3n) is 5.64. The summed E-state index contributed by atoms with van der Waals surface area (Å²) in [5.74, 6) is 1.23. The highest BCUT2D eigenvalue weighted by Crippen LogP contribution is 2.41. The highest BCUT2D eigenvalue weighted by Gasteiger charge is 2.31. The molecule has 32 heavy (non-hydrogen) atoms. The number of anilines is 1. The first kappa shape index (κ1) is 22.5. The number of hydrogen-bond donors (Lipinski definition) is 1. The Kier molecular flexibility index (Phi) is 6.89. The molecule has 1 aliphatic rings. The molecule has 166 valence electrons. The van der Waals surface area contributed by atoms with Crippen molar-refractivity contribution >= 4 is 34.8 Å².